The van der Waals surface area contributed by atoms with Gasteiger partial charge in [0.05, 0.1) is 17.5 Å². The molecule has 0 spiro atoms. The number of sulfonamides is 1. The third-order valence-corrected chi connectivity index (χ3v) is 7.32. The maximum absolute atomic E-state index is 13.2. The second kappa shape index (κ2) is 11.0. The smallest absolute Gasteiger partial charge is 0.251 e. The Kier molecular flexibility index (Phi) is 8.30. The zero-order valence-corrected chi connectivity index (χ0v) is 20.7. The minimum Gasteiger partial charge on any atom is -0.494 e. The van der Waals surface area contributed by atoms with Crippen molar-refractivity contribution < 1.29 is 22.3 Å². The van der Waals surface area contributed by atoms with Gasteiger partial charge < -0.3 is 10.1 Å². The third-order valence-electron chi connectivity index (χ3n) is 5.25. The SMILES string of the molecule is CCOc1ccc(C(=O)N[C@H](C)c2ccc(F)cc2)cc1CN(C)S(=O)(=O)c1ccc(Cl)cc1. The Labute approximate surface area is 204 Å². The van der Waals surface area contributed by atoms with E-state index in [1.807, 2.05) is 6.92 Å². The number of hydrogen-bond donors (Lipinski definition) is 1. The molecule has 0 aliphatic carbocycles. The third kappa shape index (κ3) is 6.14. The van der Waals surface area contributed by atoms with Crippen LogP contribution in [0, 0.1) is 5.82 Å². The summed E-state index contributed by atoms with van der Waals surface area (Å²) in [5.74, 6) is -0.204. The summed E-state index contributed by atoms with van der Waals surface area (Å²) in [7, 11) is -2.33. The molecule has 0 fully saturated rings. The Morgan fingerprint density at radius 2 is 1.74 bits per heavy atom. The summed E-state index contributed by atoms with van der Waals surface area (Å²) in [5.41, 5.74) is 1.66. The lowest BCUT2D eigenvalue weighted by molar-refractivity contribution is 0.0939. The number of ether oxygens (including phenoxy) is 1. The largest absolute Gasteiger partial charge is 0.494 e. The summed E-state index contributed by atoms with van der Waals surface area (Å²) in [6, 6.07) is 16.4. The van der Waals surface area contributed by atoms with Gasteiger partial charge >= 0.3 is 0 Å². The number of benzene rings is 3. The topological polar surface area (TPSA) is 75.7 Å². The van der Waals surface area contributed by atoms with Crippen LogP contribution in [0.2, 0.25) is 5.02 Å². The van der Waals surface area contributed by atoms with Gasteiger partial charge in [0.25, 0.3) is 5.91 Å². The number of nitrogens with zero attached hydrogens (tertiary/aromatic N) is 1. The maximum atomic E-state index is 13.2. The van der Waals surface area contributed by atoms with Crippen LogP contribution in [0.3, 0.4) is 0 Å². The molecule has 0 aliphatic heterocycles. The van der Waals surface area contributed by atoms with E-state index in [9.17, 15) is 17.6 Å². The van der Waals surface area contributed by atoms with Crippen LogP contribution in [-0.2, 0) is 16.6 Å². The van der Waals surface area contributed by atoms with Gasteiger partial charge in [-0.25, -0.2) is 12.8 Å². The van der Waals surface area contributed by atoms with Gasteiger partial charge in [-0.2, -0.15) is 4.31 Å². The fourth-order valence-electron chi connectivity index (χ4n) is 3.37. The van der Waals surface area contributed by atoms with Crippen molar-refractivity contribution in [3.63, 3.8) is 0 Å². The fraction of sp³-hybridized carbons (Fsp3) is 0.240. The van der Waals surface area contributed by atoms with Crippen molar-refractivity contribution in [2.75, 3.05) is 13.7 Å². The zero-order chi connectivity index (χ0) is 24.9. The predicted molar refractivity (Wildman–Crippen MR) is 130 cm³/mol. The Morgan fingerprint density at radius 3 is 2.35 bits per heavy atom. The molecule has 6 nitrogen and oxygen atoms in total. The Bertz CT molecular complexity index is 1250. The normalized spacial score (nSPS) is 12.4. The van der Waals surface area contributed by atoms with Crippen molar-refractivity contribution in [3.05, 3.63) is 94.3 Å². The number of carbonyl (C=O) groups is 1. The van der Waals surface area contributed by atoms with E-state index >= 15 is 0 Å². The molecule has 34 heavy (non-hydrogen) atoms. The van der Waals surface area contributed by atoms with E-state index in [4.69, 9.17) is 16.3 Å². The van der Waals surface area contributed by atoms with Crippen LogP contribution in [0.1, 0.15) is 41.4 Å². The molecule has 0 saturated heterocycles. The monoisotopic (exact) mass is 504 g/mol. The second-order valence-electron chi connectivity index (χ2n) is 7.72. The Hall–Kier alpha value is -2.94. The Morgan fingerprint density at radius 1 is 1.09 bits per heavy atom. The first-order valence-electron chi connectivity index (χ1n) is 10.7. The van der Waals surface area contributed by atoms with Crippen molar-refractivity contribution in [2.45, 2.75) is 31.3 Å². The van der Waals surface area contributed by atoms with Crippen molar-refractivity contribution in [1.82, 2.24) is 9.62 Å². The summed E-state index contributed by atoms with van der Waals surface area (Å²) >= 11 is 5.88. The van der Waals surface area contributed by atoms with E-state index in [1.54, 1.807) is 37.3 Å². The first kappa shape index (κ1) is 25.7. The molecule has 1 amide bonds. The molecule has 1 atom stereocenters. The van der Waals surface area contributed by atoms with Gasteiger partial charge in [0.1, 0.15) is 11.6 Å². The first-order chi connectivity index (χ1) is 16.1. The molecule has 0 aromatic heterocycles. The zero-order valence-electron chi connectivity index (χ0n) is 19.1. The van der Waals surface area contributed by atoms with E-state index in [2.05, 4.69) is 5.32 Å². The highest BCUT2D eigenvalue weighted by Gasteiger charge is 2.23. The van der Waals surface area contributed by atoms with Crippen LogP contribution in [0.15, 0.2) is 71.6 Å². The number of amides is 1. The minimum absolute atomic E-state index is 0.00503. The number of nitrogens with one attached hydrogen (secondary N) is 1. The highest BCUT2D eigenvalue weighted by Crippen LogP contribution is 2.26. The summed E-state index contributed by atoms with van der Waals surface area (Å²) in [5, 5.41) is 3.32. The quantitative estimate of drug-likeness (QED) is 0.435. The molecule has 0 heterocycles. The molecule has 9 heteroatoms. The van der Waals surface area contributed by atoms with Gasteiger partial charge in [-0.15, -0.1) is 0 Å². The summed E-state index contributed by atoms with van der Waals surface area (Å²) in [6.45, 7) is 4.00. The molecule has 3 rings (SSSR count). The predicted octanol–water partition coefficient (Wildman–Crippen LogP) is 5.19. The molecule has 3 aromatic carbocycles. The average molecular weight is 505 g/mol. The number of carbonyl (C=O) groups excluding carboxylic acids is 1. The molecule has 0 radical (unpaired) electrons. The van der Waals surface area contributed by atoms with E-state index in [1.165, 1.54) is 47.8 Å². The second-order valence-corrected chi connectivity index (χ2v) is 10.2. The van der Waals surface area contributed by atoms with Crippen molar-refractivity contribution in [1.29, 1.82) is 0 Å². The van der Waals surface area contributed by atoms with Crippen LogP contribution in [0.25, 0.3) is 0 Å². The van der Waals surface area contributed by atoms with E-state index < -0.39 is 10.0 Å². The standard InChI is InChI=1S/C25H26ClFN2O4S/c1-4-33-24-14-7-19(25(30)28-17(2)18-5-10-22(27)11-6-18)15-20(24)16-29(3)34(31,32)23-12-8-21(26)9-13-23/h5-15,17H,4,16H2,1-3H3,(H,28,30)/t17-/m1/s1. The van der Waals surface area contributed by atoms with E-state index in [0.717, 1.165) is 5.56 Å². The highest BCUT2D eigenvalue weighted by atomic mass is 35.5. The molecule has 1 N–H and O–H groups in total. The molecule has 0 unspecified atom stereocenters. The number of halogens is 2. The van der Waals surface area contributed by atoms with E-state index in [-0.39, 0.29) is 29.2 Å². The molecular weight excluding hydrogens is 479 g/mol. The van der Waals surface area contributed by atoms with Gasteiger partial charge in [-0.05, 0) is 74.0 Å². The van der Waals surface area contributed by atoms with Crippen molar-refractivity contribution in [2.24, 2.45) is 0 Å². The number of rotatable bonds is 9. The van der Waals surface area contributed by atoms with Crippen LogP contribution in [-0.4, -0.2) is 32.3 Å². The molecule has 3 aromatic rings. The molecule has 180 valence electrons. The molecular formula is C25H26ClFN2O4S. The first-order valence-corrected chi connectivity index (χ1v) is 12.5. The van der Waals surface area contributed by atoms with Crippen molar-refractivity contribution in [3.8, 4) is 5.75 Å². The van der Waals surface area contributed by atoms with Crippen LogP contribution in [0.4, 0.5) is 4.39 Å². The van der Waals surface area contributed by atoms with Gasteiger partial charge in [0, 0.05) is 29.7 Å². The Balaban J connectivity index is 1.83. The van der Waals surface area contributed by atoms with E-state index in [0.29, 0.717) is 28.5 Å². The van der Waals surface area contributed by atoms with Gasteiger partial charge in [0.15, 0.2) is 0 Å². The van der Waals surface area contributed by atoms with Gasteiger partial charge in [0.2, 0.25) is 10.0 Å². The van der Waals surface area contributed by atoms with Gasteiger partial charge in [-0.1, -0.05) is 23.7 Å². The van der Waals surface area contributed by atoms with Crippen LogP contribution < -0.4 is 10.1 Å². The lowest BCUT2D eigenvalue weighted by Crippen LogP contribution is -2.28. The van der Waals surface area contributed by atoms with Crippen LogP contribution >= 0.6 is 11.6 Å². The average Bonchev–Trinajstić information content (AvgIpc) is 2.80. The minimum atomic E-state index is -3.79. The number of hydrogen-bond acceptors (Lipinski definition) is 4. The summed E-state index contributed by atoms with van der Waals surface area (Å²) in [6.07, 6.45) is 0. The molecule has 0 aliphatic rings. The summed E-state index contributed by atoms with van der Waals surface area (Å²) in [4.78, 5) is 13.0. The highest BCUT2D eigenvalue weighted by molar-refractivity contribution is 7.89. The van der Waals surface area contributed by atoms with Crippen LogP contribution in [0.5, 0.6) is 5.75 Å². The molecule has 0 bridgehead atoms. The lowest BCUT2D eigenvalue weighted by atomic mass is 10.1. The fourth-order valence-corrected chi connectivity index (χ4v) is 4.64. The molecule has 0 saturated carbocycles. The van der Waals surface area contributed by atoms with Gasteiger partial charge in [-0.3, -0.25) is 4.79 Å². The summed E-state index contributed by atoms with van der Waals surface area (Å²) < 4.78 is 46.0. The lowest BCUT2D eigenvalue weighted by Gasteiger charge is -2.20. The van der Waals surface area contributed by atoms with Crippen molar-refractivity contribution >= 4 is 27.5 Å². The maximum Gasteiger partial charge on any atom is 0.251 e.